The number of hydrogen-bond acceptors (Lipinski definition) is 5. The molecule has 8 nitrogen and oxygen atoms in total. The molecule has 8 heteroatoms. The molecule has 23 heavy (non-hydrogen) atoms. The van der Waals surface area contributed by atoms with Crippen molar-refractivity contribution in [3.8, 4) is 0 Å². The zero-order valence-corrected chi connectivity index (χ0v) is 13.7. The van der Waals surface area contributed by atoms with Crippen LogP contribution < -0.4 is 10.6 Å². The Morgan fingerprint density at radius 1 is 1.13 bits per heavy atom. The maximum Gasteiger partial charge on any atom is 0.321 e. The van der Waals surface area contributed by atoms with Crippen molar-refractivity contribution >= 4 is 17.8 Å². The zero-order valence-electron chi connectivity index (χ0n) is 13.7. The van der Waals surface area contributed by atoms with Gasteiger partial charge in [0.25, 0.3) is 0 Å². The number of carbonyl (C=O) groups is 3. The average molecular weight is 326 g/mol. The van der Waals surface area contributed by atoms with Crippen LogP contribution in [-0.2, 0) is 14.3 Å². The van der Waals surface area contributed by atoms with Gasteiger partial charge in [0.2, 0.25) is 11.8 Å². The molecule has 4 amide bonds. The van der Waals surface area contributed by atoms with Crippen molar-refractivity contribution in [3.63, 3.8) is 0 Å². The molecule has 2 rings (SSSR count). The lowest BCUT2D eigenvalue weighted by molar-refractivity contribution is -0.143. The fraction of sp³-hybridized carbons (Fsp3) is 0.800. The highest BCUT2D eigenvalue weighted by atomic mass is 16.5. The van der Waals surface area contributed by atoms with Crippen molar-refractivity contribution in [2.75, 3.05) is 45.9 Å². The van der Waals surface area contributed by atoms with Crippen molar-refractivity contribution in [3.05, 3.63) is 0 Å². The van der Waals surface area contributed by atoms with Crippen molar-refractivity contribution in [2.45, 2.75) is 32.2 Å². The third-order valence-electron chi connectivity index (χ3n) is 4.16. The van der Waals surface area contributed by atoms with E-state index in [0.29, 0.717) is 39.4 Å². The van der Waals surface area contributed by atoms with Gasteiger partial charge in [0.05, 0.1) is 25.8 Å². The minimum absolute atomic E-state index is 0.0673. The number of rotatable bonds is 4. The van der Waals surface area contributed by atoms with Crippen molar-refractivity contribution in [1.82, 2.24) is 20.4 Å². The third kappa shape index (κ3) is 5.18. The fourth-order valence-corrected chi connectivity index (χ4v) is 3.01. The summed E-state index contributed by atoms with van der Waals surface area (Å²) in [5.41, 5.74) is 0. The molecule has 1 atom stereocenters. The first-order valence-electron chi connectivity index (χ1n) is 8.30. The van der Waals surface area contributed by atoms with Crippen LogP contribution in [-0.4, -0.2) is 79.6 Å². The molecule has 130 valence electrons. The molecule has 0 saturated carbocycles. The normalized spacial score (nSPS) is 22.5. The minimum Gasteiger partial charge on any atom is -0.378 e. The predicted octanol–water partition coefficient (Wildman–Crippen LogP) is -0.455. The van der Waals surface area contributed by atoms with Gasteiger partial charge in [0.1, 0.15) is 0 Å². The standard InChI is InChI=1S/C15H26N4O4/c1-2-16-15(22)17-13(20)11-19-6-4-3-5-12(19)14(21)18-7-9-23-10-8-18/h12H,2-11H2,1H3,(H2,16,17,20,22)/t12-/m1/s1. The van der Waals surface area contributed by atoms with Gasteiger partial charge in [0.15, 0.2) is 0 Å². The summed E-state index contributed by atoms with van der Waals surface area (Å²) in [7, 11) is 0. The van der Waals surface area contributed by atoms with Crippen LogP contribution in [0.3, 0.4) is 0 Å². The molecule has 0 unspecified atom stereocenters. The minimum atomic E-state index is -0.495. The molecule has 0 aromatic heterocycles. The summed E-state index contributed by atoms with van der Waals surface area (Å²) in [4.78, 5) is 39.8. The Morgan fingerprint density at radius 3 is 2.57 bits per heavy atom. The SMILES string of the molecule is CCNC(=O)NC(=O)CN1CCCC[C@@H]1C(=O)N1CCOCC1. The maximum atomic E-state index is 12.7. The maximum absolute atomic E-state index is 12.7. The summed E-state index contributed by atoms with van der Waals surface area (Å²) < 4.78 is 5.28. The highest BCUT2D eigenvalue weighted by Crippen LogP contribution is 2.19. The van der Waals surface area contributed by atoms with E-state index in [1.165, 1.54) is 0 Å². The second kappa shape index (κ2) is 8.83. The Bertz CT molecular complexity index is 437. The largest absolute Gasteiger partial charge is 0.378 e. The van der Waals surface area contributed by atoms with E-state index in [2.05, 4.69) is 10.6 Å². The molecular weight excluding hydrogens is 300 g/mol. The van der Waals surface area contributed by atoms with Crippen LogP contribution in [0.2, 0.25) is 0 Å². The first-order chi connectivity index (χ1) is 11.1. The van der Waals surface area contributed by atoms with Crippen LogP contribution in [0.25, 0.3) is 0 Å². The number of imide groups is 1. The van der Waals surface area contributed by atoms with Gasteiger partial charge < -0.3 is 15.0 Å². The number of urea groups is 1. The number of carbonyl (C=O) groups excluding carboxylic acids is 3. The quantitative estimate of drug-likeness (QED) is 0.730. The summed E-state index contributed by atoms with van der Waals surface area (Å²) in [6.07, 6.45) is 2.70. The molecular formula is C15H26N4O4. The molecule has 0 aromatic carbocycles. The lowest BCUT2D eigenvalue weighted by Crippen LogP contribution is -2.55. The molecule has 2 aliphatic rings. The van der Waals surface area contributed by atoms with Gasteiger partial charge in [0, 0.05) is 19.6 Å². The van der Waals surface area contributed by atoms with Gasteiger partial charge in [-0.15, -0.1) is 0 Å². The van der Waals surface area contributed by atoms with Gasteiger partial charge in [-0.3, -0.25) is 19.8 Å². The van der Waals surface area contributed by atoms with Gasteiger partial charge >= 0.3 is 6.03 Å². The summed E-state index contributed by atoms with van der Waals surface area (Å²) in [5, 5.41) is 4.81. The van der Waals surface area contributed by atoms with Gasteiger partial charge in [-0.25, -0.2) is 4.79 Å². The molecule has 2 N–H and O–H groups in total. The van der Waals surface area contributed by atoms with E-state index in [1.54, 1.807) is 6.92 Å². The number of nitrogens with one attached hydrogen (secondary N) is 2. The van der Waals surface area contributed by atoms with Crippen LogP contribution in [0.4, 0.5) is 4.79 Å². The zero-order chi connectivity index (χ0) is 16.7. The van der Waals surface area contributed by atoms with Crippen molar-refractivity contribution in [2.24, 2.45) is 0 Å². The van der Waals surface area contributed by atoms with Crippen LogP contribution in [0.5, 0.6) is 0 Å². The molecule has 0 bridgehead atoms. The number of likely N-dealkylation sites (tertiary alicyclic amines) is 1. The summed E-state index contributed by atoms with van der Waals surface area (Å²) in [6.45, 7) is 5.35. The number of piperidine rings is 1. The van der Waals surface area contributed by atoms with Gasteiger partial charge in [-0.2, -0.15) is 0 Å². The van der Waals surface area contributed by atoms with E-state index in [-0.39, 0.29) is 24.4 Å². The Morgan fingerprint density at radius 2 is 1.87 bits per heavy atom. The second-order valence-electron chi connectivity index (χ2n) is 5.83. The summed E-state index contributed by atoms with van der Waals surface area (Å²) >= 11 is 0. The number of hydrogen-bond donors (Lipinski definition) is 2. The first-order valence-corrected chi connectivity index (χ1v) is 8.30. The molecule has 2 aliphatic heterocycles. The van der Waals surface area contributed by atoms with Crippen LogP contribution in [0, 0.1) is 0 Å². The Balaban J connectivity index is 1.90. The lowest BCUT2D eigenvalue weighted by atomic mass is 10.0. The first kappa shape index (κ1) is 17.7. The molecule has 2 fully saturated rings. The molecule has 0 radical (unpaired) electrons. The van der Waals surface area contributed by atoms with Crippen molar-refractivity contribution in [1.29, 1.82) is 0 Å². The Hall–Kier alpha value is -1.67. The molecule has 0 aromatic rings. The van der Waals surface area contributed by atoms with Crippen molar-refractivity contribution < 1.29 is 19.1 Å². The fourth-order valence-electron chi connectivity index (χ4n) is 3.01. The highest BCUT2D eigenvalue weighted by Gasteiger charge is 2.33. The lowest BCUT2D eigenvalue weighted by Gasteiger charge is -2.38. The van der Waals surface area contributed by atoms with E-state index >= 15 is 0 Å². The van der Waals surface area contributed by atoms with Gasteiger partial charge in [-0.05, 0) is 26.3 Å². The van der Waals surface area contributed by atoms with E-state index in [9.17, 15) is 14.4 Å². The molecule has 2 saturated heterocycles. The molecule has 2 heterocycles. The monoisotopic (exact) mass is 326 g/mol. The Kier molecular flexibility index (Phi) is 6.79. The number of nitrogens with zero attached hydrogens (tertiary/aromatic N) is 2. The number of ether oxygens (including phenoxy) is 1. The van der Waals surface area contributed by atoms with E-state index in [1.807, 2.05) is 9.80 Å². The predicted molar refractivity (Wildman–Crippen MR) is 83.8 cm³/mol. The van der Waals surface area contributed by atoms with Crippen LogP contribution in [0.1, 0.15) is 26.2 Å². The van der Waals surface area contributed by atoms with Gasteiger partial charge in [-0.1, -0.05) is 6.42 Å². The number of amides is 4. The van der Waals surface area contributed by atoms with E-state index < -0.39 is 6.03 Å². The van der Waals surface area contributed by atoms with Crippen LogP contribution in [0.15, 0.2) is 0 Å². The van der Waals surface area contributed by atoms with E-state index in [0.717, 1.165) is 19.3 Å². The average Bonchev–Trinajstić information content (AvgIpc) is 2.55. The Labute approximate surface area is 136 Å². The molecule has 0 spiro atoms. The number of morpholine rings is 1. The van der Waals surface area contributed by atoms with Crippen LogP contribution >= 0.6 is 0 Å². The second-order valence-corrected chi connectivity index (χ2v) is 5.83. The molecule has 0 aliphatic carbocycles. The smallest absolute Gasteiger partial charge is 0.321 e. The summed E-state index contributed by atoms with van der Waals surface area (Å²) in [6, 6.07) is -0.771. The third-order valence-corrected chi connectivity index (χ3v) is 4.16. The topological polar surface area (TPSA) is 91.0 Å². The summed E-state index contributed by atoms with van der Waals surface area (Å²) in [5.74, 6) is -0.309. The highest BCUT2D eigenvalue weighted by molar-refractivity contribution is 5.95. The van der Waals surface area contributed by atoms with E-state index in [4.69, 9.17) is 4.74 Å².